The first-order chi connectivity index (χ1) is 8.89. The summed E-state index contributed by atoms with van der Waals surface area (Å²) in [4.78, 5) is 0. The summed E-state index contributed by atoms with van der Waals surface area (Å²) < 4.78 is 0. The third-order valence-electron chi connectivity index (χ3n) is 5.51. The molecule has 0 aliphatic heterocycles. The minimum atomic E-state index is 0.127. The number of rotatable bonds is 1. The minimum absolute atomic E-state index is 0.127. The van der Waals surface area contributed by atoms with Gasteiger partial charge >= 0.3 is 0 Å². The lowest BCUT2D eigenvalue weighted by Crippen LogP contribution is -2.35. The van der Waals surface area contributed by atoms with Crippen LogP contribution in [0.2, 0.25) is 0 Å². The Morgan fingerprint density at radius 2 is 1.33 bits per heavy atom. The maximum Gasteiger partial charge on any atom is 0.0370 e. The van der Waals surface area contributed by atoms with Crippen LogP contribution in [0, 0.1) is 5.92 Å². The fourth-order valence-corrected chi connectivity index (χ4v) is 4.95. The second-order valence-electron chi connectivity index (χ2n) is 5.93. The van der Waals surface area contributed by atoms with E-state index in [4.69, 9.17) is 5.73 Å². The number of fused-ring (bicyclic) bond motifs is 7. The van der Waals surface area contributed by atoms with E-state index in [1.54, 1.807) is 11.1 Å². The second-order valence-corrected chi connectivity index (χ2v) is 5.93. The summed E-state index contributed by atoms with van der Waals surface area (Å²) in [5, 5.41) is 0. The van der Waals surface area contributed by atoms with Gasteiger partial charge in [-0.15, -0.1) is 0 Å². The molecule has 2 atom stereocenters. The monoisotopic (exact) mass is 233 g/mol. The van der Waals surface area contributed by atoms with Crippen molar-refractivity contribution in [2.24, 2.45) is 11.7 Å². The molecule has 1 fully saturated rings. The molecule has 3 aliphatic carbocycles. The van der Waals surface area contributed by atoms with E-state index in [1.165, 1.54) is 11.1 Å². The van der Waals surface area contributed by atoms with E-state index in [0.29, 0.717) is 0 Å². The first-order valence-electron chi connectivity index (χ1n) is 6.78. The molecule has 0 unspecified atom stereocenters. The zero-order valence-electron chi connectivity index (χ0n) is 10.1. The van der Waals surface area contributed by atoms with E-state index in [1.807, 2.05) is 0 Å². The zero-order chi connectivity index (χ0) is 11.9. The van der Waals surface area contributed by atoms with Gasteiger partial charge in [-0.05, 0) is 40.0 Å². The van der Waals surface area contributed by atoms with Crippen LogP contribution in [-0.2, 0) is 5.41 Å². The van der Waals surface area contributed by atoms with Crippen molar-refractivity contribution in [3.8, 4) is 0 Å². The first kappa shape index (κ1) is 9.35. The molecule has 2 aromatic carbocycles. The third kappa shape index (κ3) is 0.733. The van der Waals surface area contributed by atoms with E-state index in [2.05, 4.69) is 48.5 Å². The molecule has 88 valence electrons. The molecule has 0 aromatic heterocycles. The Morgan fingerprint density at radius 1 is 0.833 bits per heavy atom. The lowest BCUT2D eigenvalue weighted by molar-refractivity contribution is 0.491. The van der Waals surface area contributed by atoms with Crippen LogP contribution in [0.1, 0.15) is 34.1 Å². The Morgan fingerprint density at radius 3 is 1.83 bits per heavy atom. The molecule has 1 heteroatoms. The highest BCUT2D eigenvalue weighted by Gasteiger charge is 2.73. The van der Waals surface area contributed by atoms with Gasteiger partial charge < -0.3 is 5.73 Å². The summed E-state index contributed by atoms with van der Waals surface area (Å²) in [6, 6.07) is 17.9. The largest absolute Gasteiger partial charge is 0.329 e. The number of hydrogen-bond acceptors (Lipinski definition) is 1. The summed E-state index contributed by atoms with van der Waals surface area (Å²) in [7, 11) is 0. The van der Waals surface area contributed by atoms with Gasteiger partial charge in [0.05, 0.1) is 0 Å². The van der Waals surface area contributed by atoms with Crippen LogP contribution in [0.3, 0.4) is 0 Å². The highest BCUT2D eigenvalue weighted by atomic mass is 14.8. The Bertz CT molecular complexity index is 619. The van der Waals surface area contributed by atoms with Gasteiger partial charge in [-0.2, -0.15) is 0 Å². The highest BCUT2D eigenvalue weighted by Crippen LogP contribution is 2.79. The maximum absolute atomic E-state index is 6.25. The Balaban J connectivity index is 1.90. The number of hydrogen-bond donors (Lipinski definition) is 1. The summed E-state index contributed by atoms with van der Waals surface area (Å²) >= 11 is 0. The van der Waals surface area contributed by atoms with Crippen molar-refractivity contribution in [1.82, 2.24) is 0 Å². The predicted molar refractivity (Wildman–Crippen MR) is 71.7 cm³/mol. The molecule has 18 heavy (non-hydrogen) atoms. The lowest BCUT2D eigenvalue weighted by atomic mass is 9.75. The van der Waals surface area contributed by atoms with Crippen molar-refractivity contribution in [3.63, 3.8) is 0 Å². The standard InChI is InChI=1S/C17H15N/c18-9-17-12-7-3-1-5-10(12)14-15(16(14)17)11-6-2-4-8-13(11)17/h1-8,14-16H,9,18H2/t14-,15-,16?,17?/m0/s1. The van der Waals surface area contributed by atoms with Gasteiger partial charge in [0.25, 0.3) is 0 Å². The van der Waals surface area contributed by atoms with E-state index >= 15 is 0 Å². The molecule has 0 spiro atoms. The van der Waals surface area contributed by atoms with Crippen molar-refractivity contribution in [2.45, 2.75) is 17.3 Å². The summed E-state index contributed by atoms with van der Waals surface area (Å²) in [6.45, 7) is 0.749. The quantitative estimate of drug-likeness (QED) is 0.805. The molecule has 0 saturated heterocycles. The van der Waals surface area contributed by atoms with Gasteiger partial charge in [0.15, 0.2) is 0 Å². The molecule has 2 aromatic rings. The van der Waals surface area contributed by atoms with Crippen LogP contribution in [0.5, 0.6) is 0 Å². The van der Waals surface area contributed by atoms with Crippen molar-refractivity contribution in [3.05, 3.63) is 70.8 Å². The van der Waals surface area contributed by atoms with Gasteiger partial charge in [0.1, 0.15) is 0 Å². The molecule has 3 aliphatic rings. The molecule has 0 heterocycles. The predicted octanol–water partition coefficient (Wildman–Crippen LogP) is 2.76. The molecular weight excluding hydrogens is 218 g/mol. The molecule has 2 N–H and O–H groups in total. The average molecular weight is 233 g/mol. The molecule has 0 radical (unpaired) electrons. The number of nitrogens with two attached hydrogens (primary N) is 1. The van der Waals surface area contributed by atoms with Crippen LogP contribution in [0.25, 0.3) is 0 Å². The SMILES string of the molecule is NCC12c3ccccc3[C@@H]3C1[C@H]3c1ccccc12. The van der Waals surface area contributed by atoms with Crippen molar-refractivity contribution < 1.29 is 0 Å². The average Bonchev–Trinajstić information content (AvgIpc) is 3.03. The first-order valence-corrected chi connectivity index (χ1v) is 6.78. The van der Waals surface area contributed by atoms with Crippen LogP contribution in [-0.4, -0.2) is 6.54 Å². The minimum Gasteiger partial charge on any atom is -0.329 e. The summed E-state index contributed by atoms with van der Waals surface area (Å²) in [5.74, 6) is 2.25. The van der Waals surface area contributed by atoms with Crippen molar-refractivity contribution in [2.75, 3.05) is 6.54 Å². The molecule has 1 saturated carbocycles. The fourth-order valence-electron chi connectivity index (χ4n) is 4.95. The van der Waals surface area contributed by atoms with Crippen LogP contribution in [0.4, 0.5) is 0 Å². The van der Waals surface area contributed by atoms with Gasteiger partial charge in [-0.1, -0.05) is 48.5 Å². The molecule has 5 rings (SSSR count). The van der Waals surface area contributed by atoms with Crippen LogP contribution >= 0.6 is 0 Å². The molecule has 1 nitrogen and oxygen atoms in total. The Kier molecular flexibility index (Phi) is 1.40. The smallest absolute Gasteiger partial charge is 0.0370 e. The fraction of sp³-hybridized carbons (Fsp3) is 0.294. The molecule has 0 bridgehead atoms. The van der Waals surface area contributed by atoms with E-state index in [0.717, 1.165) is 24.3 Å². The van der Waals surface area contributed by atoms with E-state index in [-0.39, 0.29) is 5.41 Å². The molecular formula is C17H15N. The second kappa shape index (κ2) is 2.70. The number of benzene rings is 2. The summed E-state index contributed by atoms with van der Waals surface area (Å²) in [6.07, 6.45) is 0. The highest BCUT2D eigenvalue weighted by molar-refractivity contribution is 5.68. The zero-order valence-corrected chi connectivity index (χ0v) is 10.1. The molecule has 0 amide bonds. The van der Waals surface area contributed by atoms with Crippen molar-refractivity contribution in [1.29, 1.82) is 0 Å². The van der Waals surface area contributed by atoms with E-state index in [9.17, 15) is 0 Å². The van der Waals surface area contributed by atoms with Gasteiger partial charge in [-0.3, -0.25) is 0 Å². The Labute approximate surface area is 107 Å². The van der Waals surface area contributed by atoms with Gasteiger partial charge in [0, 0.05) is 12.0 Å². The van der Waals surface area contributed by atoms with Gasteiger partial charge in [0.2, 0.25) is 0 Å². The topological polar surface area (TPSA) is 26.0 Å². The Hall–Kier alpha value is -1.60. The summed E-state index contributed by atoms with van der Waals surface area (Å²) in [5.41, 5.74) is 12.5. The maximum atomic E-state index is 6.25. The van der Waals surface area contributed by atoms with Gasteiger partial charge in [-0.25, -0.2) is 0 Å². The van der Waals surface area contributed by atoms with Crippen LogP contribution in [0.15, 0.2) is 48.5 Å². The van der Waals surface area contributed by atoms with Crippen molar-refractivity contribution >= 4 is 0 Å². The lowest BCUT2D eigenvalue weighted by Gasteiger charge is -2.29. The van der Waals surface area contributed by atoms with Crippen LogP contribution < -0.4 is 5.73 Å². The normalized spacial score (nSPS) is 37.1. The third-order valence-corrected chi connectivity index (χ3v) is 5.51. The van der Waals surface area contributed by atoms with E-state index < -0.39 is 0 Å².